The molecule has 0 aliphatic rings. The van der Waals surface area contributed by atoms with Crippen molar-refractivity contribution in [1.29, 1.82) is 0 Å². The maximum atomic E-state index is 12.4. The second-order valence-electron chi connectivity index (χ2n) is 4.41. The number of halogens is 2. The predicted molar refractivity (Wildman–Crippen MR) is 86.7 cm³/mol. The van der Waals surface area contributed by atoms with Crippen LogP contribution in [0.5, 0.6) is 11.5 Å². The van der Waals surface area contributed by atoms with Crippen LogP contribution in [-0.2, 0) is 6.42 Å². The smallest absolute Gasteiger partial charge is 0.171 e. The minimum absolute atomic E-state index is 0.0496. The Hall–Kier alpha value is -1.52. The molecule has 0 aromatic heterocycles. The summed E-state index contributed by atoms with van der Waals surface area (Å²) in [6, 6.07) is 10.6. The summed E-state index contributed by atoms with van der Waals surface area (Å²) in [7, 11) is 3.13. The van der Waals surface area contributed by atoms with Gasteiger partial charge in [0.05, 0.1) is 24.3 Å². The van der Waals surface area contributed by atoms with Crippen molar-refractivity contribution in [3.63, 3.8) is 0 Å². The lowest BCUT2D eigenvalue weighted by Crippen LogP contribution is -2.06. The minimum Gasteiger partial charge on any atom is -0.496 e. The quantitative estimate of drug-likeness (QED) is 0.726. The van der Waals surface area contributed by atoms with E-state index in [2.05, 4.69) is 15.9 Å². The van der Waals surface area contributed by atoms with Gasteiger partial charge < -0.3 is 9.47 Å². The van der Waals surface area contributed by atoms with Crippen LogP contribution >= 0.6 is 27.5 Å². The van der Waals surface area contributed by atoms with Crippen molar-refractivity contribution in [3.05, 3.63) is 57.0 Å². The molecule has 0 unspecified atom stereocenters. The average Bonchev–Trinajstić information content (AvgIpc) is 2.47. The molecule has 0 bridgehead atoms. The monoisotopic (exact) mass is 368 g/mol. The van der Waals surface area contributed by atoms with Crippen LogP contribution in [0.3, 0.4) is 0 Å². The first-order valence-corrected chi connectivity index (χ1v) is 7.41. The highest BCUT2D eigenvalue weighted by Crippen LogP contribution is 2.28. The van der Waals surface area contributed by atoms with Gasteiger partial charge in [0.25, 0.3) is 0 Å². The first kappa shape index (κ1) is 15.9. The molecule has 3 nitrogen and oxygen atoms in total. The molecule has 0 spiro atoms. The van der Waals surface area contributed by atoms with Crippen LogP contribution in [0, 0.1) is 0 Å². The van der Waals surface area contributed by atoms with Crippen molar-refractivity contribution in [3.8, 4) is 11.5 Å². The summed E-state index contributed by atoms with van der Waals surface area (Å²) < 4.78 is 11.2. The molecule has 5 heteroatoms. The maximum Gasteiger partial charge on any atom is 0.171 e. The Bertz CT molecular complexity index is 671. The molecule has 0 saturated heterocycles. The second kappa shape index (κ2) is 6.96. The molecule has 2 rings (SSSR count). The predicted octanol–water partition coefficient (Wildman–Crippen LogP) is 4.55. The lowest BCUT2D eigenvalue weighted by molar-refractivity contribution is 0.0990. The van der Waals surface area contributed by atoms with Gasteiger partial charge in [0, 0.05) is 11.4 Å². The van der Waals surface area contributed by atoms with Crippen molar-refractivity contribution in [2.75, 3.05) is 14.2 Å². The molecule has 0 N–H and O–H groups in total. The summed E-state index contributed by atoms with van der Waals surface area (Å²) in [4.78, 5) is 12.4. The molecule has 0 fully saturated rings. The van der Waals surface area contributed by atoms with Gasteiger partial charge in [0.1, 0.15) is 11.5 Å². The number of hydrogen-bond acceptors (Lipinski definition) is 3. The highest BCUT2D eigenvalue weighted by Gasteiger charge is 2.14. The Morgan fingerprint density at radius 2 is 1.76 bits per heavy atom. The largest absolute Gasteiger partial charge is 0.496 e. The van der Waals surface area contributed by atoms with Gasteiger partial charge in [-0.25, -0.2) is 0 Å². The van der Waals surface area contributed by atoms with E-state index in [0.717, 1.165) is 15.8 Å². The topological polar surface area (TPSA) is 35.5 Å². The van der Waals surface area contributed by atoms with Crippen LogP contribution in [-0.4, -0.2) is 20.0 Å². The Balaban J connectivity index is 2.26. The molecule has 2 aromatic carbocycles. The Kier molecular flexibility index (Phi) is 5.26. The zero-order chi connectivity index (χ0) is 15.4. The molecule has 0 heterocycles. The number of hydrogen-bond donors (Lipinski definition) is 0. The third-order valence-corrected chi connectivity index (χ3v) is 3.90. The van der Waals surface area contributed by atoms with Gasteiger partial charge in [0.15, 0.2) is 5.78 Å². The summed E-state index contributed by atoms with van der Waals surface area (Å²) in [5.41, 5.74) is 1.37. The van der Waals surface area contributed by atoms with Crippen LogP contribution in [0.1, 0.15) is 15.9 Å². The van der Waals surface area contributed by atoms with Gasteiger partial charge in [-0.05, 0) is 51.8 Å². The third kappa shape index (κ3) is 3.77. The molecule has 0 radical (unpaired) electrons. The molecule has 0 aliphatic heterocycles. The summed E-state index contributed by atoms with van der Waals surface area (Å²) in [6.07, 6.45) is 0.263. The molecule has 2 aromatic rings. The summed E-state index contributed by atoms with van der Waals surface area (Å²) in [5.74, 6) is 1.20. The number of ether oxygens (including phenoxy) is 2. The first-order chi connectivity index (χ1) is 10.0. The van der Waals surface area contributed by atoms with E-state index in [1.807, 2.05) is 18.2 Å². The first-order valence-electron chi connectivity index (χ1n) is 6.24. The highest BCUT2D eigenvalue weighted by atomic mass is 79.9. The number of benzene rings is 2. The van der Waals surface area contributed by atoms with Gasteiger partial charge in [-0.2, -0.15) is 0 Å². The fraction of sp³-hybridized carbons (Fsp3) is 0.188. The lowest BCUT2D eigenvalue weighted by Gasteiger charge is -2.09. The van der Waals surface area contributed by atoms with Gasteiger partial charge in [-0.1, -0.05) is 17.7 Å². The average molecular weight is 370 g/mol. The van der Waals surface area contributed by atoms with Crippen molar-refractivity contribution in [2.45, 2.75) is 6.42 Å². The number of Topliss-reactive ketones (excluding diaryl/α,β-unsaturated/α-hetero) is 1. The van der Waals surface area contributed by atoms with Crippen LogP contribution in [0.2, 0.25) is 5.02 Å². The SMILES string of the molecule is COc1ccc(CC(=O)c2cc(Cl)ccc2OC)cc1Br. The van der Waals surface area contributed by atoms with E-state index in [4.69, 9.17) is 21.1 Å². The Morgan fingerprint density at radius 1 is 1.10 bits per heavy atom. The van der Waals surface area contributed by atoms with Gasteiger partial charge >= 0.3 is 0 Å². The molecule has 0 amide bonds. The zero-order valence-corrected chi connectivity index (χ0v) is 14.0. The molecule has 0 aliphatic carbocycles. The molecule has 0 atom stereocenters. The number of carbonyl (C=O) groups is 1. The van der Waals surface area contributed by atoms with Crippen molar-refractivity contribution >= 4 is 33.3 Å². The van der Waals surface area contributed by atoms with E-state index in [1.165, 1.54) is 7.11 Å². The molecule has 0 saturated carbocycles. The highest BCUT2D eigenvalue weighted by molar-refractivity contribution is 9.10. The third-order valence-electron chi connectivity index (χ3n) is 3.04. The normalized spacial score (nSPS) is 10.3. The van der Waals surface area contributed by atoms with E-state index < -0.39 is 0 Å². The van der Waals surface area contributed by atoms with E-state index in [1.54, 1.807) is 25.3 Å². The number of methoxy groups -OCH3 is 2. The minimum atomic E-state index is -0.0496. The van der Waals surface area contributed by atoms with Gasteiger partial charge in [0.2, 0.25) is 0 Å². The number of carbonyl (C=O) groups excluding carboxylic acids is 1. The van der Waals surface area contributed by atoms with Crippen LogP contribution in [0.15, 0.2) is 40.9 Å². The van der Waals surface area contributed by atoms with Crippen molar-refractivity contribution in [2.24, 2.45) is 0 Å². The van der Waals surface area contributed by atoms with Crippen LogP contribution in [0.25, 0.3) is 0 Å². The fourth-order valence-electron chi connectivity index (χ4n) is 2.00. The summed E-state index contributed by atoms with van der Waals surface area (Å²) in [5, 5.41) is 0.509. The van der Waals surface area contributed by atoms with E-state index in [0.29, 0.717) is 16.3 Å². The van der Waals surface area contributed by atoms with Gasteiger partial charge in [-0.3, -0.25) is 4.79 Å². The Labute approximate surface area is 137 Å². The second-order valence-corrected chi connectivity index (χ2v) is 5.70. The summed E-state index contributed by atoms with van der Waals surface area (Å²) >= 11 is 9.36. The Morgan fingerprint density at radius 3 is 2.38 bits per heavy atom. The number of rotatable bonds is 5. The van der Waals surface area contributed by atoms with E-state index in [9.17, 15) is 4.79 Å². The molecular weight excluding hydrogens is 356 g/mol. The lowest BCUT2D eigenvalue weighted by atomic mass is 10.0. The molecular formula is C16H14BrClO3. The fourth-order valence-corrected chi connectivity index (χ4v) is 2.76. The van der Waals surface area contributed by atoms with E-state index >= 15 is 0 Å². The molecule has 110 valence electrons. The van der Waals surface area contributed by atoms with Crippen molar-refractivity contribution in [1.82, 2.24) is 0 Å². The van der Waals surface area contributed by atoms with Crippen LogP contribution in [0.4, 0.5) is 0 Å². The standard InChI is InChI=1S/C16H14BrClO3/c1-20-15-6-4-11(18)9-12(15)14(19)8-10-3-5-16(21-2)13(17)7-10/h3-7,9H,8H2,1-2H3. The maximum absolute atomic E-state index is 12.4. The zero-order valence-electron chi connectivity index (χ0n) is 11.7. The van der Waals surface area contributed by atoms with Crippen molar-refractivity contribution < 1.29 is 14.3 Å². The summed E-state index contributed by atoms with van der Waals surface area (Å²) in [6.45, 7) is 0. The van der Waals surface area contributed by atoms with Crippen LogP contribution < -0.4 is 9.47 Å². The molecule has 21 heavy (non-hydrogen) atoms. The van der Waals surface area contributed by atoms with E-state index in [-0.39, 0.29) is 12.2 Å². The number of ketones is 1. The van der Waals surface area contributed by atoms with Gasteiger partial charge in [-0.15, -0.1) is 0 Å².